The highest BCUT2D eigenvalue weighted by Gasteiger charge is 2.41. The third-order valence-electron chi connectivity index (χ3n) is 11.4. The van der Waals surface area contributed by atoms with Gasteiger partial charge in [-0.15, -0.1) is 0 Å². The molecule has 2 aliphatic heterocycles. The largest absolute Gasteiger partial charge is 0.458 e. The first kappa shape index (κ1) is 31.8. The molecular weight excluding hydrogens is 671 g/mol. The van der Waals surface area contributed by atoms with Gasteiger partial charge in [-0.2, -0.15) is 0 Å². The van der Waals surface area contributed by atoms with E-state index in [1.807, 2.05) is 0 Å². The molecule has 5 heteroatoms. The third kappa shape index (κ3) is 4.86. The Morgan fingerprint density at radius 3 is 1.75 bits per heavy atom. The van der Waals surface area contributed by atoms with Crippen LogP contribution < -0.4 is 30.8 Å². The molecule has 9 aromatic rings. The highest BCUT2D eigenvalue weighted by molar-refractivity contribution is 6.98. The van der Waals surface area contributed by atoms with E-state index in [-0.39, 0.29) is 12.1 Å². The topological polar surface area (TPSA) is 26.6 Å². The smallest absolute Gasteiger partial charge is 0.260 e. The standard InChI is InChI=1S/C50H37BN2O2/c1-50(2,3)32-27-46-49-47(28-32)55-45-29-38-41(30-40(45)51(49)39-25-15-16-26-44(39)54-46)53(35-21-11-6-12-22-35)43-31-42(36-23-13-14-24-37(36)48(38)43)52(33-17-7-4-8-18-33)34-19-9-5-10-20-34/h4-31H,1-3H3. The summed E-state index contributed by atoms with van der Waals surface area (Å²) in [5, 5.41) is 4.73. The average molecular weight is 709 g/mol. The SMILES string of the molecule is CC(C)(C)c1cc2c3c(c1)Oc1cc4c5c6ccccc6c(N(c6ccccc6)c6ccccc6)cc5n(-c5ccccc5)c4cc1B3c1ccccc1O2. The second-order valence-corrected chi connectivity index (χ2v) is 15.7. The zero-order chi connectivity index (χ0) is 36.8. The van der Waals surface area contributed by atoms with Gasteiger partial charge in [-0.25, -0.2) is 0 Å². The minimum atomic E-state index is -0.0813. The monoisotopic (exact) mass is 708 g/mol. The molecule has 0 aliphatic carbocycles. The first-order chi connectivity index (χ1) is 26.9. The average Bonchev–Trinajstić information content (AvgIpc) is 3.53. The van der Waals surface area contributed by atoms with Crippen LogP contribution in [0.15, 0.2) is 170 Å². The molecule has 2 aliphatic rings. The highest BCUT2D eigenvalue weighted by atomic mass is 16.5. The van der Waals surface area contributed by atoms with Gasteiger partial charge in [0.15, 0.2) is 0 Å². The van der Waals surface area contributed by atoms with E-state index in [9.17, 15) is 0 Å². The fraction of sp³-hybridized carbons (Fsp3) is 0.0800. The third-order valence-corrected chi connectivity index (χ3v) is 11.4. The van der Waals surface area contributed by atoms with Crippen molar-refractivity contribution in [3.8, 4) is 28.7 Å². The maximum Gasteiger partial charge on any atom is 0.260 e. The number of aromatic nitrogens is 1. The van der Waals surface area contributed by atoms with Gasteiger partial charge in [-0.1, -0.05) is 118 Å². The van der Waals surface area contributed by atoms with Crippen LogP contribution in [0.1, 0.15) is 26.3 Å². The van der Waals surface area contributed by atoms with Crippen molar-refractivity contribution >= 4 is 72.7 Å². The van der Waals surface area contributed by atoms with Crippen LogP contribution in [-0.4, -0.2) is 11.3 Å². The number of hydrogen-bond acceptors (Lipinski definition) is 3. The Balaban J connectivity index is 1.25. The molecule has 0 atom stereocenters. The fourth-order valence-corrected chi connectivity index (χ4v) is 8.85. The molecule has 11 rings (SSSR count). The van der Waals surface area contributed by atoms with Crippen LogP contribution in [0.2, 0.25) is 0 Å². The molecular formula is C50H37BN2O2. The maximum atomic E-state index is 7.04. The van der Waals surface area contributed by atoms with E-state index >= 15 is 0 Å². The Morgan fingerprint density at radius 2 is 1.07 bits per heavy atom. The molecule has 0 spiro atoms. The van der Waals surface area contributed by atoms with Crippen LogP contribution in [0.25, 0.3) is 38.3 Å². The van der Waals surface area contributed by atoms with Gasteiger partial charge in [0.2, 0.25) is 0 Å². The number of nitrogens with zero attached hydrogens (tertiary/aromatic N) is 2. The number of fused-ring (bicyclic) bond motifs is 9. The normalized spacial score (nSPS) is 12.9. The molecule has 0 radical (unpaired) electrons. The molecule has 0 amide bonds. The van der Waals surface area contributed by atoms with E-state index in [1.54, 1.807) is 0 Å². The molecule has 3 heterocycles. The summed E-state index contributed by atoms with van der Waals surface area (Å²) < 4.78 is 16.2. The Kier molecular flexibility index (Phi) is 6.87. The van der Waals surface area contributed by atoms with E-state index in [4.69, 9.17) is 9.47 Å². The number of rotatable bonds is 4. The van der Waals surface area contributed by atoms with Gasteiger partial charge < -0.3 is 18.9 Å². The summed E-state index contributed by atoms with van der Waals surface area (Å²) in [6.07, 6.45) is 0. The van der Waals surface area contributed by atoms with Gasteiger partial charge in [0.05, 0.1) is 16.7 Å². The quantitative estimate of drug-likeness (QED) is 0.170. The lowest BCUT2D eigenvalue weighted by Gasteiger charge is -2.34. The van der Waals surface area contributed by atoms with Crippen LogP contribution in [0, 0.1) is 0 Å². The maximum absolute atomic E-state index is 7.04. The van der Waals surface area contributed by atoms with Gasteiger partial charge in [0.1, 0.15) is 23.0 Å². The Labute approximate surface area is 320 Å². The summed E-state index contributed by atoms with van der Waals surface area (Å²) in [4.78, 5) is 2.38. The highest BCUT2D eigenvalue weighted by Crippen LogP contribution is 2.47. The molecule has 0 saturated heterocycles. The van der Waals surface area contributed by atoms with Crippen molar-refractivity contribution in [2.45, 2.75) is 26.2 Å². The van der Waals surface area contributed by atoms with Gasteiger partial charge in [0, 0.05) is 38.7 Å². The Bertz CT molecular complexity index is 2930. The molecule has 1 aromatic heterocycles. The van der Waals surface area contributed by atoms with Crippen LogP contribution in [0.5, 0.6) is 23.0 Å². The molecule has 55 heavy (non-hydrogen) atoms. The number of para-hydroxylation sites is 4. The molecule has 0 N–H and O–H groups in total. The molecule has 8 aromatic carbocycles. The zero-order valence-electron chi connectivity index (χ0n) is 31.0. The summed E-state index contributed by atoms with van der Waals surface area (Å²) in [6, 6.07) is 60.9. The number of hydrogen-bond donors (Lipinski definition) is 0. The van der Waals surface area contributed by atoms with E-state index in [1.165, 1.54) is 21.7 Å². The van der Waals surface area contributed by atoms with Gasteiger partial charge in [-0.05, 0) is 100 Å². The van der Waals surface area contributed by atoms with Crippen molar-refractivity contribution < 1.29 is 9.47 Å². The number of ether oxygens (including phenoxy) is 2. The van der Waals surface area contributed by atoms with Crippen molar-refractivity contribution in [1.29, 1.82) is 0 Å². The van der Waals surface area contributed by atoms with E-state index in [0.717, 1.165) is 78.6 Å². The summed E-state index contributed by atoms with van der Waals surface area (Å²) in [5.74, 6) is 3.52. The minimum Gasteiger partial charge on any atom is -0.458 e. The van der Waals surface area contributed by atoms with E-state index in [0.29, 0.717) is 0 Å². The molecule has 262 valence electrons. The van der Waals surface area contributed by atoms with Gasteiger partial charge in [-0.3, -0.25) is 0 Å². The molecule has 0 saturated carbocycles. The summed E-state index contributed by atoms with van der Waals surface area (Å²) in [7, 11) is 0. The van der Waals surface area contributed by atoms with Crippen molar-refractivity contribution in [2.24, 2.45) is 0 Å². The second kappa shape index (κ2) is 11.9. The summed E-state index contributed by atoms with van der Waals surface area (Å²) in [6.45, 7) is 6.68. The van der Waals surface area contributed by atoms with Crippen LogP contribution in [0.4, 0.5) is 17.1 Å². The minimum absolute atomic E-state index is 0.0432. The van der Waals surface area contributed by atoms with Crippen LogP contribution in [0.3, 0.4) is 0 Å². The van der Waals surface area contributed by atoms with Crippen molar-refractivity contribution in [3.63, 3.8) is 0 Å². The fourth-order valence-electron chi connectivity index (χ4n) is 8.85. The Morgan fingerprint density at radius 1 is 0.491 bits per heavy atom. The van der Waals surface area contributed by atoms with Crippen LogP contribution >= 0.6 is 0 Å². The predicted molar refractivity (Wildman–Crippen MR) is 229 cm³/mol. The van der Waals surface area contributed by atoms with Crippen LogP contribution in [-0.2, 0) is 5.41 Å². The lowest BCUT2D eigenvalue weighted by atomic mass is 9.34. The Hall–Kier alpha value is -6.72. The number of anilines is 3. The zero-order valence-corrected chi connectivity index (χ0v) is 31.0. The number of benzene rings is 8. The second-order valence-electron chi connectivity index (χ2n) is 15.7. The molecule has 0 unspecified atom stereocenters. The lowest BCUT2D eigenvalue weighted by molar-refractivity contribution is 0.459. The van der Waals surface area contributed by atoms with Crippen molar-refractivity contribution in [3.05, 3.63) is 175 Å². The molecule has 0 bridgehead atoms. The van der Waals surface area contributed by atoms with E-state index in [2.05, 4.69) is 200 Å². The lowest BCUT2D eigenvalue weighted by Crippen LogP contribution is -2.57. The summed E-state index contributed by atoms with van der Waals surface area (Å²) >= 11 is 0. The van der Waals surface area contributed by atoms with E-state index < -0.39 is 0 Å². The van der Waals surface area contributed by atoms with Crippen molar-refractivity contribution in [2.75, 3.05) is 4.90 Å². The van der Waals surface area contributed by atoms with Gasteiger partial charge >= 0.3 is 0 Å². The summed E-state index contributed by atoms with van der Waals surface area (Å²) in [5.41, 5.74) is 11.2. The van der Waals surface area contributed by atoms with Gasteiger partial charge in [0.25, 0.3) is 6.71 Å². The first-order valence-corrected chi connectivity index (χ1v) is 19.0. The predicted octanol–water partition coefficient (Wildman–Crippen LogP) is 11.4. The molecule has 0 fully saturated rings. The van der Waals surface area contributed by atoms with Crippen molar-refractivity contribution in [1.82, 2.24) is 4.57 Å². The first-order valence-electron chi connectivity index (χ1n) is 19.0. The molecule has 4 nitrogen and oxygen atoms in total.